The maximum absolute atomic E-state index is 11.3. The van der Waals surface area contributed by atoms with Crippen LogP contribution in [0.5, 0.6) is 0 Å². The smallest absolute Gasteiger partial charge is 0.341 e. The van der Waals surface area contributed by atoms with Crippen LogP contribution in [0.1, 0.15) is 27.7 Å². The number of hydrogen-bond donors (Lipinski definition) is 4. The first-order valence-corrected chi connectivity index (χ1v) is 5.51. The molecular weight excluding hydrogens is 280 g/mol. The van der Waals surface area contributed by atoms with Crippen LogP contribution in [-0.2, 0) is 29.0 Å². The van der Waals surface area contributed by atoms with Crippen molar-refractivity contribution in [1.82, 2.24) is 0 Å². The first kappa shape index (κ1) is 19.0. The van der Waals surface area contributed by atoms with Gasteiger partial charge in [0, 0.05) is 0 Å². The second kappa shape index (κ2) is 7.15. The Balaban J connectivity index is 5.53. The summed E-state index contributed by atoms with van der Waals surface area (Å²) in [5.74, 6) is -10.2. The fourth-order valence-corrected chi connectivity index (χ4v) is 1.20. The zero-order valence-electron chi connectivity index (χ0n) is 11.4. The standard InChI is InChI=1S/C10H18O10/c1-5(7(3)11)9(13,18-14)17-10(19-15,20-16)6(2)8(4)12/h5-6,13-16H,1-4H3. The number of ketones is 2. The minimum absolute atomic E-state index is 0.677. The third kappa shape index (κ3) is 3.77. The van der Waals surface area contributed by atoms with E-state index < -0.39 is 35.3 Å². The lowest BCUT2D eigenvalue weighted by molar-refractivity contribution is -0.634. The quantitative estimate of drug-likeness (QED) is 0.264. The molecule has 0 heterocycles. The lowest BCUT2D eigenvalue weighted by Crippen LogP contribution is -2.57. The van der Waals surface area contributed by atoms with E-state index in [4.69, 9.17) is 15.8 Å². The normalized spacial score (nSPS) is 18.2. The number of carbonyl (C=O) groups excluding carboxylic acids is 2. The van der Waals surface area contributed by atoms with Gasteiger partial charge in [0.25, 0.3) is 0 Å². The molecule has 0 saturated heterocycles. The molecule has 3 unspecified atom stereocenters. The number of rotatable bonds is 9. The summed E-state index contributed by atoms with van der Waals surface area (Å²) in [5.41, 5.74) is 0. The van der Waals surface area contributed by atoms with Gasteiger partial charge in [-0.25, -0.2) is 15.8 Å². The van der Waals surface area contributed by atoms with Gasteiger partial charge < -0.3 is 5.11 Å². The van der Waals surface area contributed by atoms with Crippen LogP contribution in [0.15, 0.2) is 0 Å². The van der Waals surface area contributed by atoms with Crippen LogP contribution in [0.3, 0.4) is 0 Å². The summed E-state index contributed by atoms with van der Waals surface area (Å²) in [4.78, 5) is 33.7. The van der Waals surface area contributed by atoms with Crippen molar-refractivity contribution in [3.8, 4) is 0 Å². The molecule has 3 atom stereocenters. The molecule has 0 rings (SSSR count). The van der Waals surface area contributed by atoms with Crippen molar-refractivity contribution in [2.75, 3.05) is 0 Å². The van der Waals surface area contributed by atoms with Crippen molar-refractivity contribution < 1.29 is 49.9 Å². The Morgan fingerprint density at radius 3 is 1.55 bits per heavy atom. The van der Waals surface area contributed by atoms with Crippen LogP contribution in [0.4, 0.5) is 0 Å². The maximum Gasteiger partial charge on any atom is 0.352 e. The van der Waals surface area contributed by atoms with Crippen molar-refractivity contribution >= 4 is 11.6 Å². The molecule has 0 aromatic rings. The van der Waals surface area contributed by atoms with E-state index in [1.165, 1.54) is 0 Å². The maximum atomic E-state index is 11.3. The topological polar surface area (TPSA) is 152 Å². The minimum atomic E-state index is -3.04. The first-order valence-electron chi connectivity index (χ1n) is 5.51. The SMILES string of the molecule is CC(=O)C(C)C(O)(OO)OC(OO)(OO)C(C)C(C)=O. The van der Waals surface area contributed by atoms with Gasteiger partial charge in [-0.2, -0.15) is 14.7 Å². The van der Waals surface area contributed by atoms with Gasteiger partial charge in [0.05, 0.1) is 5.92 Å². The molecule has 10 heteroatoms. The van der Waals surface area contributed by atoms with E-state index >= 15 is 0 Å². The van der Waals surface area contributed by atoms with E-state index in [0.29, 0.717) is 0 Å². The molecule has 0 saturated carbocycles. The molecule has 118 valence electrons. The van der Waals surface area contributed by atoms with Gasteiger partial charge in [-0.1, -0.05) is 0 Å². The second-order valence-electron chi connectivity index (χ2n) is 4.27. The number of hydrogen-bond acceptors (Lipinski definition) is 10. The summed E-state index contributed by atoms with van der Waals surface area (Å²) < 4.78 is 4.62. The highest BCUT2D eigenvalue weighted by Crippen LogP contribution is 2.33. The fraction of sp³-hybridized carbons (Fsp3) is 0.800. The zero-order chi connectivity index (χ0) is 16.1. The minimum Gasteiger partial charge on any atom is -0.341 e. The second-order valence-corrected chi connectivity index (χ2v) is 4.27. The van der Waals surface area contributed by atoms with E-state index in [1.807, 2.05) is 0 Å². The van der Waals surface area contributed by atoms with Crippen LogP contribution in [0.25, 0.3) is 0 Å². The Kier molecular flexibility index (Phi) is 6.80. The molecule has 0 amide bonds. The van der Waals surface area contributed by atoms with Crippen LogP contribution >= 0.6 is 0 Å². The molecule has 0 aromatic carbocycles. The number of Topliss-reactive ketones (excluding diaryl/α,β-unsaturated/α-hetero) is 2. The monoisotopic (exact) mass is 298 g/mol. The fourth-order valence-electron chi connectivity index (χ4n) is 1.20. The molecule has 0 bridgehead atoms. The highest BCUT2D eigenvalue weighted by atomic mass is 17.3. The number of ether oxygens (including phenoxy) is 1. The average Bonchev–Trinajstić information content (AvgIpc) is 2.42. The Bertz CT molecular complexity index is 352. The predicted molar refractivity (Wildman–Crippen MR) is 59.6 cm³/mol. The van der Waals surface area contributed by atoms with E-state index in [0.717, 1.165) is 27.7 Å². The van der Waals surface area contributed by atoms with Crippen LogP contribution in [-0.4, -0.2) is 44.4 Å². The first-order chi connectivity index (χ1) is 9.10. The Hall–Kier alpha value is -0.980. The van der Waals surface area contributed by atoms with Gasteiger partial charge in [0.2, 0.25) is 0 Å². The Morgan fingerprint density at radius 2 is 1.30 bits per heavy atom. The third-order valence-electron chi connectivity index (χ3n) is 2.97. The molecule has 10 nitrogen and oxygen atoms in total. The van der Waals surface area contributed by atoms with Gasteiger partial charge in [0.1, 0.15) is 17.5 Å². The van der Waals surface area contributed by atoms with Gasteiger partial charge >= 0.3 is 11.9 Å². The van der Waals surface area contributed by atoms with Crippen molar-refractivity contribution in [2.24, 2.45) is 11.8 Å². The predicted octanol–water partition coefficient (Wildman–Crippen LogP) is 0.222. The van der Waals surface area contributed by atoms with E-state index in [2.05, 4.69) is 19.4 Å². The molecule has 0 radical (unpaired) electrons. The highest BCUT2D eigenvalue weighted by Gasteiger charge is 2.55. The third-order valence-corrected chi connectivity index (χ3v) is 2.97. The molecule has 20 heavy (non-hydrogen) atoms. The van der Waals surface area contributed by atoms with E-state index in [9.17, 15) is 14.7 Å². The van der Waals surface area contributed by atoms with Crippen LogP contribution < -0.4 is 0 Å². The number of carbonyl (C=O) groups is 2. The van der Waals surface area contributed by atoms with Gasteiger partial charge in [-0.3, -0.25) is 14.3 Å². The molecule has 0 aliphatic heterocycles. The summed E-state index contributed by atoms with van der Waals surface area (Å²) in [6, 6.07) is 0. The van der Waals surface area contributed by atoms with Gasteiger partial charge in [-0.05, 0) is 27.7 Å². The summed E-state index contributed by atoms with van der Waals surface area (Å²) in [6.07, 6.45) is 0. The Morgan fingerprint density at radius 1 is 0.900 bits per heavy atom. The summed E-state index contributed by atoms with van der Waals surface area (Å²) >= 11 is 0. The lowest BCUT2D eigenvalue weighted by Gasteiger charge is -2.38. The zero-order valence-corrected chi connectivity index (χ0v) is 11.4. The molecular formula is C10H18O10. The van der Waals surface area contributed by atoms with Crippen molar-refractivity contribution in [3.63, 3.8) is 0 Å². The Labute approximate surface area is 114 Å². The van der Waals surface area contributed by atoms with Crippen molar-refractivity contribution in [3.05, 3.63) is 0 Å². The summed E-state index contributed by atoms with van der Waals surface area (Å²) in [7, 11) is 0. The van der Waals surface area contributed by atoms with Crippen LogP contribution in [0.2, 0.25) is 0 Å². The average molecular weight is 298 g/mol. The summed E-state index contributed by atoms with van der Waals surface area (Å²) in [5, 5.41) is 36.1. The van der Waals surface area contributed by atoms with E-state index in [-0.39, 0.29) is 0 Å². The van der Waals surface area contributed by atoms with Crippen molar-refractivity contribution in [2.45, 2.75) is 39.6 Å². The molecule has 0 spiro atoms. The van der Waals surface area contributed by atoms with Crippen LogP contribution in [0, 0.1) is 11.8 Å². The summed E-state index contributed by atoms with van der Waals surface area (Å²) in [6.45, 7) is 4.32. The molecule has 0 fully saturated rings. The molecule has 0 aliphatic carbocycles. The van der Waals surface area contributed by atoms with Gasteiger partial charge in [0.15, 0.2) is 0 Å². The largest absolute Gasteiger partial charge is 0.352 e. The van der Waals surface area contributed by atoms with Crippen molar-refractivity contribution in [1.29, 1.82) is 0 Å². The van der Waals surface area contributed by atoms with E-state index in [1.54, 1.807) is 0 Å². The molecule has 4 N–H and O–H groups in total. The molecule has 0 aromatic heterocycles. The lowest BCUT2D eigenvalue weighted by atomic mass is 10.0. The number of aliphatic hydroxyl groups is 1. The molecule has 0 aliphatic rings. The van der Waals surface area contributed by atoms with Gasteiger partial charge in [-0.15, -0.1) is 0 Å². The highest BCUT2D eigenvalue weighted by molar-refractivity contribution is 5.79.